The number of halogens is 2. The zero-order valence-electron chi connectivity index (χ0n) is 14.5. The van der Waals surface area contributed by atoms with Crippen molar-refractivity contribution in [3.63, 3.8) is 0 Å². The van der Waals surface area contributed by atoms with Gasteiger partial charge in [0.25, 0.3) is 5.91 Å². The molecule has 0 radical (unpaired) electrons. The van der Waals surface area contributed by atoms with Crippen LogP contribution < -0.4 is 5.32 Å². The predicted octanol–water partition coefficient (Wildman–Crippen LogP) is 5.60. The lowest BCUT2D eigenvalue weighted by molar-refractivity contribution is 0.102. The van der Waals surface area contributed by atoms with Gasteiger partial charge in [-0.1, -0.05) is 37.6 Å². The van der Waals surface area contributed by atoms with Gasteiger partial charge in [-0.25, -0.2) is 13.8 Å². The normalized spacial score (nSPS) is 10.8. The fourth-order valence-corrected chi connectivity index (χ4v) is 3.50. The van der Waals surface area contributed by atoms with E-state index in [1.165, 1.54) is 16.9 Å². The van der Waals surface area contributed by atoms with Crippen LogP contribution in [0.5, 0.6) is 0 Å². The summed E-state index contributed by atoms with van der Waals surface area (Å²) in [6.07, 6.45) is 2.12. The van der Waals surface area contributed by atoms with Crippen LogP contribution in [0.3, 0.4) is 0 Å². The highest BCUT2D eigenvalue weighted by atomic mass is 32.1. The van der Waals surface area contributed by atoms with E-state index >= 15 is 0 Å². The molecule has 0 aliphatic heterocycles. The van der Waals surface area contributed by atoms with Crippen LogP contribution >= 0.6 is 11.3 Å². The molecule has 0 atom stereocenters. The molecule has 26 heavy (non-hydrogen) atoms. The molecule has 3 rings (SSSR count). The molecule has 0 spiro atoms. The standard InChI is InChI=1S/C20H18F2N2OS/c1-3-4-13-5-7-14(8-6-13)18-12(2)26-20(23-18)24-19(25)16-10-9-15(21)11-17(16)22/h5-11H,3-4H2,1-2H3,(H,23,24,25). The first-order valence-electron chi connectivity index (χ1n) is 8.31. The molecule has 1 heterocycles. The van der Waals surface area contributed by atoms with Gasteiger partial charge in [0.15, 0.2) is 5.13 Å². The number of nitrogens with zero attached hydrogens (tertiary/aromatic N) is 1. The Morgan fingerprint density at radius 1 is 1.15 bits per heavy atom. The van der Waals surface area contributed by atoms with Crippen molar-refractivity contribution in [2.24, 2.45) is 0 Å². The number of hydrogen-bond donors (Lipinski definition) is 1. The average molecular weight is 372 g/mol. The minimum atomic E-state index is -0.900. The zero-order valence-corrected chi connectivity index (χ0v) is 15.3. The molecular formula is C20H18F2N2OS. The van der Waals surface area contributed by atoms with Crippen molar-refractivity contribution in [1.29, 1.82) is 0 Å². The van der Waals surface area contributed by atoms with E-state index in [9.17, 15) is 13.6 Å². The molecule has 6 heteroatoms. The number of rotatable bonds is 5. The van der Waals surface area contributed by atoms with Gasteiger partial charge in [0.2, 0.25) is 0 Å². The fraction of sp³-hybridized carbons (Fsp3) is 0.200. The number of benzene rings is 2. The Hall–Kier alpha value is -2.60. The quantitative estimate of drug-likeness (QED) is 0.633. The second-order valence-electron chi connectivity index (χ2n) is 5.95. The third-order valence-electron chi connectivity index (χ3n) is 3.96. The molecule has 0 fully saturated rings. The van der Waals surface area contributed by atoms with Crippen molar-refractivity contribution in [2.45, 2.75) is 26.7 Å². The topological polar surface area (TPSA) is 42.0 Å². The van der Waals surface area contributed by atoms with Gasteiger partial charge in [0, 0.05) is 16.5 Å². The maximum Gasteiger partial charge on any atom is 0.260 e. The van der Waals surface area contributed by atoms with Crippen LogP contribution in [0.2, 0.25) is 0 Å². The van der Waals surface area contributed by atoms with Gasteiger partial charge < -0.3 is 0 Å². The van der Waals surface area contributed by atoms with E-state index in [0.29, 0.717) is 11.2 Å². The van der Waals surface area contributed by atoms with E-state index in [2.05, 4.69) is 29.4 Å². The van der Waals surface area contributed by atoms with E-state index in [1.54, 1.807) is 0 Å². The van der Waals surface area contributed by atoms with Crippen LogP contribution in [0.4, 0.5) is 13.9 Å². The Morgan fingerprint density at radius 2 is 1.88 bits per heavy atom. The van der Waals surface area contributed by atoms with Crippen LogP contribution in [0.1, 0.15) is 34.1 Å². The third-order valence-corrected chi connectivity index (χ3v) is 4.85. The lowest BCUT2D eigenvalue weighted by Gasteiger charge is -2.03. The van der Waals surface area contributed by atoms with Crippen LogP contribution in [0, 0.1) is 18.6 Å². The summed E-state index contributed by atoms with van der Waals surface area (Å²) in [5.41, 5.74) is 2.80. The number of carbonyl (C=O) groups is 1. The van der Waals surface area contributed by atoms with Gasteiger partial charge in [0.1, 0.15) is 11.6 Å². The van der Waals surface area contributed by atoms with Crippen LogP contribution in [0.15, 0.2) is 42.5 Å². The van der Waals surface area contributed by atoms with Gasteiger partial charge in [-0.05, 0) is 31.0 Å². The Labute approximate surface area is 154 Å². The number of hydrogen-bond acceptors (Lipinski definition) is 3. The van der Waals surface area contributed by atoms with Gasteiger partial charge in [0.05, 0.1) is 11.3 Å². The molecule has 0 saturated carbocycles. The average Bonchev–Trinajstić information content (AvgIpc) is 2.96. The number of aromatic nitrogens is 1. The van der Waals surface area contributed by atoms with Gasteiger partial charge in [-0.2, -0.15) is 0 Å². The highest BCUT2D eigenvalue weighted by molar-refractivity contribution is 7.16. The molecule has 1 N–H and O–H groups in total. The smallest absolute Gasteiger partial charge is 0.260 e. The van der Waals surface area contributed by atoms with E-state index < -0.39 is 17.5 Å². The number of carbonyl (C=O) groups excluding carboxylic acids is 1. The molecule has 134 valence electrons. The molecule has 0 bridgehead atoms. The summed E-state index contributed by atoms with van der Waals surface area (Å²) in [6, 6.07) is 11.0. The van der Waals surface area contributed by atoms with Crippen molar-refractivity contribution in [2.75, 3.05) is 5.32 Å². The number of aryl methyl sites for hydroxylation is 2. The summed E-state index contributed by atoms with van der Waals surface area (Å²) in [5, 5.41) is 2.97. The third kappa shape index (κ3) is 3.96. The Bertz CT molecular complexity index is 935. The van der Waals surface area contributed by atoms with Crippen molar-refractivity contribution in [3.05, 3.63) is 70.1 Å². The Balaban J connectivity index is 1.80. The first-order chi connectivity index (χ1) is 12.5. The zero-order chi connectivity index (χ0) is 18.7. The summed E-state index contributed by atoms with van der Waals surface area (Å²) >= 11 is 1.32. The van der Waals surface area contributed by atoms with Crippen molar-refractivity contribution in [3.8, 4) is 11.3 Å². The van der Waals surface area contributed by atoms with E-state index in [4.69, 9.17) is 0 Å². The Kier molecular flexibility index (Phi) is 5.42. The number of amides is 1. The maximum atomic E-state index is 13.7. The number of anilines is 1. The molecule has 3 nitrogen and oxygen atoms in total. The highest BCUT2D eigenvalue weighted by Gasteiger charge is 2.16. The fourth-order valence-electron chi connectivity index (χ4n) is 2.67. The molecule has 0 unspecified atom stereocenters. The SMILES string of the molecule is CCCc1ccc(-c2nc(NC(=O)c3ccc(F)cc3F)sc2C)cc1. The van der Waals surface area contributed by atoms with E-state index in [1.807, 2.05) is 19.1 Å². The lowest BCUT2D eigenvalue weighted by atomic mass is 10.1. The predicted molar refractivity (Wildman–Crippen MR) is 101 cm³/mol. The lowest BCUT2D eigenvalue weighted by Crippen LogP contribution is -2.13. The van der Waals surface area contributed by atoms with Crippen LogP contribution in [-0.4, -0.2) is 10.9 Å². The monoisotopic (exact) mass is 372 g/mol. The van der Waals surface area contributed by atoms with E-state index in [0.717, 1.165) is 41.1 Å². The number of thiazole rings is 1. The van der Waals surface area contributed by atoms with Gasteiger partial charge in [-0.3, -0.25) is 10.1 Å². The maximum absolute atomic E-state index is 13.7. The molecule has 0 aliphatic rings. The largest absolute Gasteiger partial charge is 0.298 e. The van der Waals surface area contributed by atoms with Gasteiger partial charge in [-0.15, -0.1) is 11.3 Å². The molecule has 2 aromatic carbocycles. The minimum absolute atomic E-state index is 0.218. The Morgan fingerprint density at radius 3 is 2.54 bits per heavy atom. The minimum Gasteiger partial charge on any atom is -0.298 e. The summed E-state index contributed by atoms with van der Waals surface area (Å²) in [7, 11) is 0. The number of nitrogens with one attached hydrogen (secondary N) is 1. The molecule has 1 amide bonds. The van der Waals surface area contributed by atoms with Crippen LogP contribution in [0.25, 0.3) is 11.3 Å². The van der Waals surface area contributed by atoms with Gasteiger partial charge >= 0.3 is 0 Å². The van der Waals surface area contributed by atoms with Crippen molar-refractivity contribution < 1.29 is 13.6 Å². The van der Waals surface area contributed by atoms with E-state index in [-0.39, 0.29) is 5.56 Å². The van der Waals surface area contributed by atoms with Crippen molar-refractivity contribution >= 4 is 22.4 Å². The molecule has 0 saturated heterocycles. The molecule has 1 aromatic heterocycles. The second kappa shape index (κ2) is 7.74. The molecule has 0 aliphatic carbocycles. The summed E-state index contributed by atoms with van der Waals surface area (Å²) in [4.78, 5) is 17.6. The molecule has 3 aromatic rings. The highest BCUT2D eigenvalue weighted by Crippen LogP contribution is 2.31. The summed E-state index contributed by atoms with van der Waals surface area (Å²) in [5.74, 6) is -2.28. The first kappa shape index (κ1) is 18.2. The summed E-state index contributed by atoms with van der Waals surface area (Å²) in [6.45, 7) is 4.05. The second-order valence-corrected chi connectivity index (χ2v) is 7.15. The van der Waals surface area contributed by atoms with Crippen molar-refractivity contribution in [1.82, 2.24) is 4.98 Å². The first-order valence-corrected chi connectivity index (χ1v) is 9.12. The summed E-state index contributed by atoms with van der Waals surface area (Å²) < 4.78 is 26.7. The van der Waals surface area contributed by atoms with Crippen LogP contribution in [-0.2, 0) is 6.42 Å². The molecular weight excluding hydrogens is 354 g/mol.